The Bertz CT molecular complexity index is 1050. The van der Waals surface area contributed by atoms with Gasteiger partial charge in [0.05, 0.1) is 12.0 Å². The molecular formula is C32H50O6. The highest BCUT2D eigenvalue weighted by molar-refractivity contribution is 5.82. The van der Waals surface area contributed by atoms with Gasteiger partial charge in [-0.3, -0.25) is 9.59 Å². The lowest BCUT2D eigenvalue weighted by Crippen LogP contribution is -2.68. The number of hydrogen-bond acceptors (Lipinski definition) is 6. The average Bonchev–Trinajstić information content (AvgIpc) is 3.31. The minimum atomic E-state index is -1.44. The molecule has 214 valence electrons. The van der Waals surface area contributed by atoms with Gasteiger partial charge in [-0.05, 0) is 105 Å². The lowest BCUT2D eigenvalue weighted by Gasteiger charge is -2.72. The van der Waals surface area contributed by atoms with Gasteiger partial charge in [0.15, 0.2) is 0 Å². The summed E-state index contributed by atoms with van der Waals surface area (Å²) in [5, 5.41) is 21.8. The quantitative estimate of drug-likeness (QED) is 0.473. The Labute approximate surface area is 228 Å². The van der Waals surface area contributed by atoms with Crippen LogP contribution in [0.1, 0.15) is 113 Å². The number of carbonyl (C=O) groups excluding carboxylic acids is 2. The van der Waals surface area contributed by atoms with E-state index in [2.05, 4.69) is 34.6 Å². The van der Waals surface area contributed by atoms with Crippen molar-refractivity contribution in [2.24, 2.45) is 50.7 Å². The molecule has 6 aliphatic rings. The molecule has 38 heavy (non-hydrogen) atoms. The molecule has 0 aromatic heterocycles. The fourth-order valence-corrected chi connectivity index (χ4v) is 12.6. The first-order valence-electron chi connectivity index (χ1n) is 15.3. The van der Waals surface area contributed by atoms with Gasteiger partial charge in [-0.1, -0.05) is 34.6 Å². The Hall–Kier alpha value is -1.14. The molecule has 0 spiro atoms. The van der Waals surface area contributed by atoms with Crippen LogP contribution < -0.4 is 0 Å². The van der Waals surface area contributed by atoms with E-state index < -0.39 is 23.2 Å². The summed E-state index contributed by atoms with van der Waals surface area (Å²) in [6, 6.07) is 0. The Morgan fingerprint density at radius 1 is 0.947 bits per heavy atom. The summed E-state index contributed by atoms with van der Waals surface area (Å²) in [7, 11) is 0. The summed E-state index contributed by atoms with van der Waals surface area (Å²) in [4.78, 5) is 25.4. The zero-order valence-corrected chi connectivity index (χ0v) is 24.7. The van der Waals surface area contributed by atoms with E-state index in [9.17, 15) is 19.8 Å². The second kappa shape index (κ2) is 7.78. The highest BCUT2D eigenvalue weighted by Crippen LogP contribution is 2.80. The molecule has 2 N–H and O–H groups in total. The third-order valence-electron chi connectivity index (χ3n) is 14.6. The smallest absolute Gasteiger partial charge is 0.313 e. The number of esters is 2. The van der Waals surface area contributed by atoms with E-state index in [1.54, 1.807) is 6.92 Å². The Morgan fingerprint density at radius 3 is 2.26 bits per heavy atom. The van der Waals surface area contributed by atoms with Crippen LogP contribution in [0.3, 0.4) is 0 Å². The van der Waals surface area contributed by atoms with Gasteiger partial charge in [0.1, 0.15) is 17.3 Å². The van der Waals surface area contributed by atoms with Crippen molar-refractivity contribution in [3.05, 3.63) is 0 Å². The summed E-state index contributed by atoms with van der Waals surface area (Å²) < 4.78 is 12.1. The highest BCUT2D eigenvalue weighted by atomic mass is 16.6. The number of rotatable bonds is 3. The summed E-state index contributed by atoms with van der Waals surface area (Å²) in [5.74, 6) is 1.00. The molecule has 0 aromatic rings. The number of fused-ring (bicyclic) bond motifs is 5. The predicted octanol–water partition coefficient (Wildman–Crippen LogP) is 5.42. The molecule has 1 heterocycles. The molecule has 0 radical (unpaired) electrons. The lowest BCUT2D eigenvalue weighted by atomic mass is 9.32. The van der Waals surface area contributed by atoms with Crippen molar-refractivity contribution >= 4 is 11.9 Å². The average molecular weight is 531 g/mol. The van der Waals surface area contributed by atoms with E-state index >= 15 is 0 Å². The molecule has 11 atom stereocenters. The first-order chi connectivity index (χ1) is 17.6. The Kier molecular flexibility index (Phi) is 5.54. The van der Waals surface area contributed by atoms with Gasteiger partial charge in [0.2, 0.25) is 0 Å². The van der Waals surface area contributed by atoms with Gasteiger partial charge < -0.3 is 19.7 Å². The molecular weight excluding hydrogens is 480 g/mol. The van der Waals surface area contributed by atoms with E-state index in [1.165, 1.54) is 6.92 Å². The number of ether oxygens (including phenoxy) is 2. The summed E-state index contributed by atoms with van der Waals surface area (Å²) in [6.07, 6.45) is 9.67. The van der Waals surface area contributed by atoms with Crippen LogP contribution in [-0.4, -0.2) is 46.1 Å². The SMILES string of the molecule is CC(=O)O[C@H]1CC[C@]2(C)[C@H](CC[C@]3(C)[C@H]2CC[C@@H]2[C@@H]4[C@@]5(CC[C@@]23C)CC[C@]4([C@](C)(O)CO)OC5=O)C1(C)C. The summed E-state index contributed by atoms with van der Waals surface area (Å²) >= 11 is 0. The minimum absolute atomic E-state index is 0.0262. The maximum Gasteiger partial charge on any atom is 0.313 e. The zero-order chi connectivity index (χ0) is 27.7. The van der Waals surface area contributed by atoms with E-state index in [-0.39, 0.29) is 51.5 Å². The molecule has 2 bridgehead atoms. The van der Waals surface area contributed by atoms with Crippen molar-refractivity contribution in [3.63, 3.8) is 0 Å². The van der Waals surface area contributed by atoms with Crippen LogP contribution in [0.15, 0.2) is 0 Å². The van der Waals surface area contributed by atoms with Crippen molar-refractivity contribution in [1.29, 1.82) is 0 Å². The zero-order valence-electron chi connectivity index (χ0n) is 24.7. The van der Waals surface area contributed by atoms with Crippen LogP contribution in [0.4, 0.5) is 0 Å². The lowest BCUT2D eigenvalue weighted by molar-refractivity contribution is -0.257. The van der Waals surface area contributed by atoms with Gasteiger partial charge in [-0.2, -0.15) is 0 Å². The third kappa shape index (κ3) is 2.88. The van der Waals surface area contributed by atoms with Gasteiger partial charge in [0.25, 0.3) is 0 Å². The summed E-state index contributed by atoms with van der Waals surface area (Å²) in [6.45, 7) is 15.0. The molecule has 0 amide bonds. The number of carbonyl (C=O) groups is 2. The highest BCUT2D eigenvalue weighted by Gasteiger charge is 2.81. The van der Waals surface area contributed by atoms with Gasteiger partial charge >= 0.3 is 11.9 Å². The predicted molar refractivity (Wildman–Crippen MR) is 143 cm³/mol. The van der Waals surface area contributed by atoms with Gasteiger partial charge in [-0.25, -0.2) is 0 Å². The molecule has 6 fully saturated rings. The van der Waals surface area contributed by atoms with E-state index in [4.69, 9.17) is 9.47 Å². The third-order valence-corrected chi connectivity index (χ3v) is 14.6. The fourth-order valence-electron chi connectivity index (χ4n) is 12.6. The first kappa shape index (κ1) is 27.1. The molecule has 6 rings (SSSR count). The molecule has 1 saturated heterocycles. The van der Waals surface area contributed by atoms with Crippen LogP contribution in [0.25, 0.3) is 0 Å². The summed E-state index contributed by atoms with van der Waals surface area (Å²) in [5.41, 5.74) is -2.68. The second-order valence-electron chi connectivity index (χ2n) is 16.0. The van der Waals surface area contributed by atoms with Crippen molar-refractivity contribution in [2.45, 2.75) is 130 Å². The van der Waals surface area contributed by atoms with E-state index in [1.807, 2.05) is 0 Å². The normalized spacial score (nSPS) is 54.0. The van der Waals surface area contributed by atoms with Crippen molar-refractivity contribution in [1.82, 2.24) is 0 Å². The van der Waals surface area contributed by atoms with Crippen LogP contribution in [0, 0.1) is 50.7 Å². The molecule has 1 aliphatic heterocycles. The molecule has 5 aliphatic carbocycles. The van der Waals surface area contributed by atoms with Crippen molar-refractivity contribution in [3.8, 4) is 0 Å². The largest absolute Gasteiger partial charge is 0.462 e. The molecule has 0 aromatic carbocycles. The molecule has 6 nitrogen and oxygen atoms in total. The minimum Gasteiger partial charge on any atom is -0.462 e. The van der Waals surface area contributed by atoms with E-state index in [0.29, 0.717) is 18.3 Å². The molecule has 6 heteroatoms. The molecule has 0 unspecified atom stereocenters. The first-order valence-corrected chi connectivity index (χ1v) is 15.3. The standard InChI is InChI=1S/C32H50O6/c1-19(34)37-23-11-12-27(4)21(26(23,2)3)10-13-29(6)22(27)9-8-20-24-31(15-14-28(20,29)5)16-17-32(24,38-25(31)35)30(7,36)18-33/h20-24,33,36H,8-18H2,1-7H3/t20-,21-,22+,23+,24-,27-,28+,29-,30-,31-,32+/m1/s1. The Balaban J connectivity index is 1.39. The van der Waals surface area contributed by atoms with Crippen LogP contribution in [-0.2, 0) is 19.1 Å². The van der Waals surface area contributed by atoms with Crippen LogP contribution >= 0.6 is 0 Å². The topological polar surface area (TPSA) is 93.1 Å². The number of hydrogen-bond donors (Lipinski definition) is 2. The van der Waals surface area contributed by atoms with Gasteiger partial charge in [0, 0.05) is 18.3 Å². The van der Waals surface area contributed by atoms with Gasteiger partial charge in [-0.15, -0.1) is 0 Å². The second-order valence-corrected chi connectivity index (χ2v) is 16.0. The molecule has 5 saturated carbocycles. The van der Waals surface area contributed by atoms with Crippen LogP contribution in [0.5, 0.6) is 0 Å². The number of aliphatic hydroxyl groups excluding tert-OH is 1. The maximum absolute atomic E-state index is 13.5. The van der Waals surface area contributed by atoms with Crippen molar-refractivity contribution < 1.29 is 29.3 Å². The number of aliphatic hydroxyl groups is 2. The maximum atomic E-state index is 13.5. The van der Waals surface area contributed by atoms with Crippen molar-refractivity contribution in [2.75, 3.05) is 6.61 Å². The fraction of sp³-hybridized carbons (Fsp3) is 0.938. The Morgan fingerprint density at radius 2 is 1.63 bits per heavy atom. The van der Waals surface area contributed by atoms with E-state index in [0.717, 1.165) is 57.8 Å². The monoisotopic (exact) mass is 530 g/mol. The van der Waals surface area contributed by atoms with Crippen LogP contribution in [0.2, 0.25) is 0 Å².